The van der Waals surface area contributed by atoms with E-state index in [4.69, 9.17) is 10.5 Å². The highest BCUT2D eigenvalue weighted by molar-refractivity contribution is 7.09. The molecule has 0 aliphatic carbocycles. The van der Waals surface area contributed by atoms with Crippen molar-refractivity contribution < 1.29 is 24.2 Å². The fourth-order valence-electron chi connectivity index (χ4n) is 4.51. The molecule has 2 unspecified atom stereocenters. The van der Waals surface area contributed by atoms with Crippen molar-refractivity contribution in [3.05, 3.63) is 88.4 Å². The maximum Gasteiger partial charge on any atom is 0.348 e. The van der Waals surface area contributed by atoms with Gasteiger partial charge in [0.2, 0.25) is 17.4 Å². The Morgan fingerprint density at radius 1 is 0.929 bits per heavy atom. The summed E-state index contributed by atoms with van der Waals surface area (Å²) in [4.78, 5) is 44.9. The Labute approximate surface area is 251 Å². The van der Waals surface area contributed by atoms with Gasteiger partial charge in [-0.05, 0) is 57.1 Å². The molecule has 0 spiro atoms. The SMILES string of the molecule is CC(C)CC(NC(=O)C(N)Cc1ccccc1)C(=O)N[C@@H](Cc1ccccc1)[C@@](O)(C(=O)OC(C)(C)C)c1nccs1. The minimum atomic E-state index is -2.30. The number of thiazole rings is 1. The van der Waals surface area contributed by atoms with E-state index in [1.54, 1.807) is 26.2 Å². The van der Waals surface area contributed by atoms with Crippen LogP contribution in [-0.2, 0) is 37.6 Å². The smallest absolute Gasteiger partial charge is 0.348 e. The number of amides is 2. The molecule has 3 rings (SSSR count). The number of aromatic nitrogens is 1. The Morgan fingerprint density at radius 3 is 2.00 bits per heavy atom. The lowest BCUT2D eigenvalue weighted by Gasteiger charge is -2.36. The number of esters is 1. The highest BCUT2D eigenvalue weighted by Gasteiger charge is 2.51. The first-order valence-electron chi connectivity index (χ1n) is 14.1. The molecular formula is C32H42N4O5S. The van der Waals surface area contributed by atoms with E-state index < -0.39 is 47.1 Å². The first kappa shape index (κ1) is 32.9. The second-order valence-electron chi connectivity index (χ2n) is 11.8. The Morgan fingerprint density at radius 2 is 1.50 bits per heavy atom. The van der Waals surface area contributed by atoms with Gasteiger partial charge in [0.25, 0.3) is 0 Å². The predicted octanol–water partition coefficient (Wildman–Crippen LogP) is 3.50. The Bertz CT molecular complexity index is 1300. The molecule has 2 aromatic carbocycles. The van der Waals surface area contributed by atoms with Gasteiger partial charge in [0.1, 0.15) is 16.7 Å². The van der Waals surface area contributed by atoms with E-state index in [-0.39, 0.29) is 17.3 Å². The maximum atomic E-state index is 13.9. The van der Waals surface area contributed by atoms with Gasteiger partial charge in [0.15, 0.2) is 0 Å². The van der Waals surface area contributed by atoms with E-state index in [2.05, 4.69) is 15.6 Å². The predicted molar refractivity (Wildman–Crippen MR) is 163 cm³/mol. The first-order chi connectivity index (χ1) is 19.8. The van der Waals surface area contributed by atoms with Crippen molar-refractivity contribution in [2.75, 3.05) is 0 Å². The van der Waals surface area contributed by atoms with Crippen molar-refractivity contribution in [2.45, 2.75) is 83.2 Å². The van der Waals surface area contributed by atoms with Gasteiger partial charge in [0.05, 0.1) is 12.1 Å². The summed E-state index contributed by atoms with van der Waals surface area (Å²) in [6.45, 7) is 8.97. The Kier molecular flexibility index (Phi) is 11.4. The lowest BCUT2D eigenvalue weighted by atomic mass is 9.88. The average molecular weight is 595 g/mol. The average Bonchev–Trinajstić information content (AvgIpc) is 3.47. The lowest BCUT2D eigenvalue weighted by molar-refractivity contribution is -0.182. The number of benzene rings is 2. The number of rotatable bonds is 13. The Hall–Kier alpha value is -3.60. The quantitative estimate of drug-likeness (QED) is 0.222. The summed E-state index contributed by atoms with van der Waals surface area (Å²) in [6, 6.07) is 15.6. The number of carbonyl (C=O) groups is 3. The topological polar surface area (TPSA) is 144 Å². The number of ether oxygens (including phenoxy) is 1. The fourth-order valence-corrected chi connectivity index (χ4v) is 5.29. The van der Waals surface area contributed by atoms with E-state index >= 15 is 0 Å². The van der Waals surface area contributed by atoms with Crippen LogP contribution < -0.4 is 16.4 Å². The van der Waals surface area contributed by atoms with Crippen molar-refractivity contribution in [1.82, 2.24) is 15.6 Å². The number of nitrogens with one attached hydrogen (secondary N) is 2. The molecule has 10 heteroatoms. The molecule has 2 amide bonds. The van der Waals surface area contributed by atoms with Gasteiger partial charge in [-0.15, -0.1) is 11.3 Å². The monoisotopic (exact) mass is 594 g/mol. The van der Waals surface area contributed by atoms with Crippen LogP contribution >= 0.6 is 11.3 Å². The van der Waals surface area contributed by atoms with Gasteiger partial charge in [0, 0.05) is 11.6 Å². The van der Waals surface area contributed by atoms with Crippen LogP contribution in [0, 0.1) is 5.92 Å². The summed E-state index contributed by atoms with van der Waals surface area (Å²) < 4.78 is 5.64. The standard InChI is InChI=1S/C32H42N4O5S/c1-21(2)18-25(35-27(37)24(33)19-22-12-8-6-9-13-22)28(38)36-26(20-23-14-10-7-11-15-23)32(40,29-34-16-17-42-29)30(39)41-31(3,4)5/h6-17,21,24-26,40H,18-20,33H2,1-5H3,(H,35,37)(H,36,38)/t24?,25?,26-,32-/m0/s1. The molecule has 9 nitrogen and oxygen atoms in total. The maximum absolute atomic E-state index is 13.9. The molecule has 0 fully saturated rings. The van der Waals surface area contributed by atoms with E-state index in [9.17, 15) is 19.5 Å². The van der Waals surface area contributed by atoms with Crippen LogP contribution in [0.25, 0.3) is 0 Å². The molecule has 5 N–H and O–H groups in total. The van der Waals surface area contributed by atoms with Crippen LogP contribution in [0.5, 0.6) is 0 Å². The second-order valence-corrected chi connectivity index (χ2v) is 12.7. The number of carbonyl (C=O) groups excluding carboxylic acids is 3. The molecule has 1 heterocycles. The molecule has 1 aromatic heterocycles. The van der Waals surface area contributed by atoms with E-state index in [1.165, 1.54) is 6.20 Å². The van der Waals surface area contributed by atoms with Crippen molar-refractivity contribution in [2.24, 2.45) is 11.7 Å². The van der Waals surface area contributed by atoms with E-state index in [0.29, 0.717) is 12.8 Å². The van der Waals surface area contributed by atoms with Crippen LogP contribution in [0.4, 0.5) is 0 Å². The minimum Gasteiger partial charge on any atom is -0.457 e. The zero-order valence-corrected chi connectivity index (χ0v) is 25.7. The van der Waals surface area contributed by atoms with Crippen LogP contribution in [-0.4, -0.2) is 51.6 Å². The third kappa shape index (κ3) is 9.20. The van der Waals surface area contributed by atoms with Gasteiger partial charge in [-0.1, -0.05) is 74.5 Å². The molecule has 0 saturated carbocycles. The molecular weight excluding hydrogens is 552 g/mol. The normalized spacial score (nSPS) is 15.2. The summed E-state index contributed by atoms with van der Waals surface area (Å²) in [5.74, 6) is -1.91. The summed E-state index contributed by atoms with van der Waals surface area (Å²) in [7, 11) is 0. The molecule has 226 valence electrons. The minimum absolute atomic E-state index is 0.0441. The van der Waals surface area contributed by atoms with E-state index in [1.807, 2.05) is 74.5 Å². The van der Waals surface area contributed by atoms with Crippen molar-refractivity contribution in [1.29, 1.82) is 0 Å². The molecule has 0 radical (unpaired) electrons. The largest absolute Gasteiger partial charge is 0.457 e. The molecule has 0 aliphatic rings. The zero-order chi connectivity index (χ0) is 30.9. The number of aliphatic hydroxyl groups is 1. The van der Waals surface area contributed by atoms with Crippen molar-refractivity contribution in [3.63, 3.8) is 0 Å². The second kappa shape index (κ2) is 14.5. The number of hydrogen-bond acceptors (Lipinski definition) is 8. The van der Waals surface area contributed by atoms with Gasteiger partial charge in [-0.3, -0.25) is 9.59 Å². The fraction of sp³-hybridized carbons (Fsp3) is 0.438. The first-order valence-corrected chi connectivity index (χ1v) is 15.0. The third-order valence-electron chi connectivity index (χ3n) is 6.55. The molecule has 42 heavy (non-hydrogen) atoms. The molecule has 3 aromatic rings. The third-order valence-corrected chi connectivity index (χ3v) is 7.44. The summed E-state index contributed by atoms with van der Waals surface area (Å²) in [5, 5.41) is 19.5. The molecule has 0 aliphatic heterocycles. The number of nitrogens with zero attached hydrogens (tertiary/aromatic N) is 1. The number of hydrogen-bond donors (Lipinski definition) is 4. The summed E-state index contributed by atoms with van der Waals surface area (Å²) in [5.41, 5.74) is 4.67. The van der Waals surface area contributed by atoms with Crippen molar-refractivity contribution in [3.8, 4) is 0 Å². The lowest BCUT2D eigenvalue weighted by Crippen LogP contribution is -2.61. The van der Waals surface area contributed by atoms with Gasteiger partial charge >= 0.3 is 5.97 Å². The van der Waals surface area contributed by atoms with Crippen molar-refractivity contribution >= 4 is 29.1 Å². The highest BCUT2D eigenvalue weighted by Crippen LogP contribution is 2.32. The highest BCUT2D eigenvalue weighted by atomic mass is 32.1. The zero-order valence-electron chi connectivity index (χ0n) is 24.9. The molecule has 0 saturated heterocycles. The molecule has 4 atom stereocenters. The van der Waals surface area contributed by atoms with E-state index in [0.717, 1.165) is 22.5 Å². The molecule has 0 bridgehead atoms. The van der Waals surface area contributed by atoms with Crippen LogP contribution in [0.2, 0.25) is 0 Å². The van der Waals surface area contributed by atoms with Crippen LogP contribution in [0.3, 0.4) is 0 Å². The van der Waals surface area contributed by atoms with Gasteiger partial charge in [-0.2, -0.15) is 0 Å². The Balaban J connectivity index is 1.93. The van der Waals surface area contributed by atoms with Gasteiger partial charge < -0.3 is 26.2 Å². The number of nitrogens with two attached hydrogens (primary N) is 1. The summed E-state index contributed by atoms with van der Waals surface area (Å²) >= 11 is 1.09. The van der Waals surface area contributed by atoms with Gasteiger partial charge in [-0.25, -0.2) is 9.78 Å². The van der Waals surface area contributed by atoms with Crippen LogP contribution in [0.1, 0.15) is 57.2 Å². The summed E-state index contributed by atoms with van der Waals surface area (Å²) in [6.07, 6.45) is 2.20. The van der Waals surface area contributed by atoms with Crippen LogP contribution in [0.15, 0.2) is 72.2 Å².